The van der Waals surface area contributed by atoms with E-state index >= 15 is 0 Å². The quantitative estimate of drug-likeness (QED) is 0.625. The van der Waals surface area contributed by atoms with Crippen LogP contribution in [0.5, 0.6) is 0 Å². The van der Waals surface area contributed by atoms with Crippen LogP contribution in [0.3, 0.4) is 0 Å². The normalized spacial score (nSPS) is 10.5. The van der Waals surface area contributed by atoms with Gasteiger partial charge in [0.25, 0.3) is 5.91 Å². The van der Waals surface area contributed by atoms with E-state index in [4.69, 9.17) is 16.3 Å². The van der Waals surface area contributed by atoms with E-state index in [1.54, 1.807) is 43.3 Å². The fraction of sp³-hybridized carbons (Fsp3) is 0.105. The second-order valence-corrected chi connectivity index (χ2v) is 6.95. The zero-order valence-corrected chi connectivity index (χ0v) is 15.7. The van der Waals surface area contributed by atoms with Gasteiger partial charge < -0.3 is 10.1 Å². The van der Waals surface area contributed by atoms with Gasteiger partial charge in [-0.2, -0.15) is 0 Å². The monoisotopic (exact) mass is 404 g/mol. The van der Waals surface area contributed by atoms with Gasteiger partial charge in [-0.25, -0.2) is 14.2 Å². The standard InChI is InChI=1S/C19H14ClFN2O3S/c1-11-17(27-18(22-11)12-6-8-13(21)9-7-12)19(25)26-10-16(24)23-15-5-3-2-4-14(15)20/h2-9H,10H2,1H3,(H,23,24). The molecule has 0 atom stereocenters. The van der Waals surface area contributed by atoms with Crippen molar-refractivity contribution in [3.05, 3.63) is 69.9 Å². The first-order chi connectivity index (χ1) is 12.9. The molecule has 0 bridgehead atoms. The molecule has 1 heterocycles. The Morgan fingerprint density at radius 3 is 2.59 bits per heavy atom. The van der Waals surface area contributed by atoms with Gasteiger partial charge in [0.2, 0.25) is 0 Å². The summed E-state index contributed by atoms with van der Waals surface area (Å²) < 4.78 is 18.1. The molecule has 0 radical (unpaired) electrons. The third-order valence-electron chi connectivity index (χ3n) is 3.56. The molecule has 0 aliphatic heterocycles. The molecule has 0 saturated heterocycles. The summed E-state index contributed by atoms with van der Waals surface area (Å²) in [5, 5.41) is 3.53. The Kier molecular flexibility index (Phi) is 5.83. The summed E-state index contributed by atoms with van der Waals surface area (Å²) >= 11 is 7.09. The molecule has 3 aromatic rings. The van der Waals surface area contributed by atoms with E-state index < -0.39 is 18.5 Å². The van der Waals surface area contributed by atoms with Crippen LogP contribution in [0.1, 0.15) is 15.4 Å². The Bertz CT molecular complexity index is 989. The lowest BCUT2D eigenvalue weighted by Gasteiger charge is -2.07. The van der Waals surface area contributed by atoms with Gasteiger partial charge in [-0.15, -0.1) is 11.3 Å². The number of amides is 1. The Morgan fingerprint density at radius 2 is 1.89 bits per heavy atom. The first kappa shape index (κ1) is 19.0. The number of hydrogen-bond acceptors (Lipinski definition) is 5. The molecular formula is C19H14ClFN2O3S. The molecule has 0 aliphatic carbocycles. The average Bonchev–Trinajstić information content (AvgIpc) is 3.04. The largest absolute Gasteiger partial charge is 0.451 e. The summed E-state index contributed by atoms with van der Waals surface area (Å²) in [6, 6.07) is 12.6. The highest BCUT2D eigenvalue weighted by Gasteiger charge is 2.19. The van der Waals surface area contributed by atoms with Crippen LogP contribution < -0.4 is 5.32 Å². The van der Waals surface area contributed by atoms with Gasteiger partial charge >= 0.3 is 5.97 Å². The van der Waals surface area contributed by atoms with Gasteiger partial charge in [0, 0.05) is 5.56 Å². The number of rotatable bonds is 5. The summed E-state index contributed by atoms with van der Waals surface area (Å²) in [6.45, 7) is 1.22. The number of aryl methyl sites for hydroxylation is 1. The summed E-state index contributed by atoms with van der Waals surface area (Å²) in [5.74, 6) is -1.50. The molecule has 0 unspecified atom stereocenters. The van der Waals surface area contributed by atoms with Gasteiger partial charge in [-0.1, -0.05) is 23.7 Å². The number of esters is 1. The lowest BCUT2D eigenvalue weighted by Crippen LogP contribution is -2.21. The van der Waals surface area contributed by atoms with Crippen LogP contribution in [0.2, 0.25) is 5.02 Å². The summed E-state index contributed by atoms with van der Waals surface area (Å²) in [6.07, 6.45) is 0. The maximum atomic E-state index is 13.0. The fourth-order valence-electron chi connectivity index (χ4n) is 2.25. The Hall–Kier alpha value is -2.77. The van der Waals surface area contributed by atoms with Crippen LogP contribution in [0.25, 0.3) is 10.6 Å². The number of para-hydroxylation sites is 1. The van der Waals surface area contributed by atoms with Crippen molar-refractivity contribution >= 4 is 40.5 Å². The number of carbonyl (C=O) groups is 2. The third-order valence-corrected chi connectivity index (χ3v) is 5.07. The van der Waals surface area contributed by atoms with E-state index in [0.717, 1.165) is 11.3 Å². The number of halogens is 2. The number of hydrogen-bond donors (Lipinski definition) is 1. The fourth-order valence-corrected chi connectivity index (χ4v) is 3.40. The number of thiazole rings is 1. The van der Waals surface area contributed by atoms with Gasteiger partial charge in [-0.3, -0.25) is 4.79 Å². The van der Waals surface area contributed by atoms with Crippen molar-refractivity contribution in [3.8, 4) is 10.6 Å². The smallest absolute Gasteiger partial charge is 0.350 e. The van der Waals surface area contributed by atoms with E-state index in [2.05, 4.69) is 10.3 Å². The highest BCUT2D eigenvalue weighted by molar-refractivity contribution is 7.17. The molecule has 0 saturated carbocycles. The zero-order valence-electron chi connectivity index (χ0n) is 14.2. The van der Waals surface area contributed by atoms with E-state index in [1.807, 2.05) is 0 Å². The molecule has 0 aliphatic rings. The second-order valence-electron chi connectivity index (χ2n) is 5.54. The Morgan fingerprint density at radius 1 is 1.19 bits per heavy atom. The van der Waals surface area contributed by atoms with Crippen LogP contribution in [0.4, 0.5) is 10.1 Å². The number of aromatic nitrogens is 1. The average molecular weight is 405 g/mol. The Balaban J connectivity index is 1.63. The number of anilines is 1. The topological polar surface area (TPSA) is 68.3 Å². The molecule has 2 aromatic carbocycles. The summed E-state index contributed by atoms with van der Waals surface area (Å²) in [7, 11) is 0. The van der Waals surface area contributed by atoms with Crippen molar-refractivity contribution in [1.82, 2.24) is 4.98 Å². The molecule has 8 heteroatoms. The predicted octanol–water partition coefficient (Wildman–Crippen LogP) is 4.71. The molecule has 1 aromatic heterocycles. The van der Waals surface area contributed by atoms with E-state index in [1.165, 1.54) is 12.1 Å². The molecule has 1 amide bonds. The summed E-state index contributed by atoms with van der Waals surface area (Å²) in [4.78, 5) is 28.8. The summed E-state index contributed by atoms with van der Waals surface area (Å²) in [5.41, 5.74) is 1.61. The maximum absolute atomic E-state index is 13.0. The number of nitrogens with one attached hydrogen (secondary N) is 1. The molecule has 1 N–H and O–H groups in total. The first-order valence-corrected chi connectivity index (χ1v) is 9.08. The third kappa shape index (κ3) is 4.69. The van der Waals surface area contributed by atoms with E-state index in [-0.39, 0.29) is 5.82 Å². The molecule has 3 rings (SSSR count). The van der Waals surface area contributed by atoms with Crippen molar-refractivity contribution < 1.29 is 18.7 Å². The van der Waals surface area contributed by atoms with Gasteiger partial charge in [0.15, 0.2) is 6.61 Å². The number of carbonyl (C=O) groups excluding carboxylic acids is 2. The van der Waals surface area contributed by atoms with Gasteiger partial charge in [0.05, 0.1) is 16.4 Å². The van der Waals surface area contributed by atoms with Crippen molar-refractivity contribution in [2.24, 2.45) is 0 Å². The molecule has 27 heavy (non-hydrogen) atoms. The van der Waals surface area contributed by atoms with E-state index in [9.17, 15) is 14.0 Å². The van der Waals surface area contributed by atoms with Crippen molar-refractivity contribution in [2.45, 2.75) is 6.92 Å². The molecule has 138 valence electrons. The molecular weight excluding hydrogens is 391 g/mol. The molecule has 0 fully saturated rings. The van der Waals surface area contributed by atoms with Crippen molar-refractivity contribution in [2.75, 3.05) is 11.9 Å². The van der Waals surface area contributed by atoms with Crippen molar-refractivity contribution in [3.63, 3.8) is 0 Å². The molecule has 5 nitrogen and oxygen atoms in total. The highest BCUT2D eigenvalue weighted by atomic mass is 35.5. The minimum atomic E-state index is -0.646. The van der Waals surface area contributed by atoms with Crippen LogP contribution >= 0.6 is 22.9 Å². The minimum Gasteiger partial charge on any atom is -0.451 e. The number of benzene rings is 2. The highest BCUT2D eigenvalue weighted by Crippen LogP contribution is 2.28. The second kappa shape index (κ2) is 8.28. The van der Waals surface area contributed by atoms with Gasteiger partial charge in [-0.05, 0) is 43.3 Å². The van der Waals surface area contributed by atoms with Crippen molar-refractivity contribution in [1.29, 1.82) is 0 Å². The van der Waals surface area contributed by atoms with E-state index in [0.29, 0.717) is 31.9 Å². The van der Waals surface area contributed by atoms with Crippen LogP contribution in [-0.2, 0) is 9.53 Å². The minimum absolute atomic E-state index is 0.292. The van der Waals surface area contributed by atoms with Crippen LogP contribution in [0.15, 0.2) is 48.5 Å². The predicted molar refractivity (Wildman–Crippen MR) is 103 cm³/mol. The zero-order chi connectivity index (χ0) is 19.4. The number of nitrogens with zero attached hydrogens (tertiary/aromatic N) is 1. The lowest BCUT2D eigenvalue weighted by molar-refractivity contribution is -0.119. The number of ether oxygens (including phenoxy) is 1. The van der Waals surface area contributed by atoms with Gasteiger partial charge in [0.1, 0.15) is 15.7 Å². The lowest BCUT2D eigenvalue weighted by atomic mass is 10.2. The molecule has 0 spiro atoms. The Labute approximate surface area is 163 Å². The SMILES string of the molecule is Cc1nc(-c2ccc(F)cc2)sc1C(=O)OCC(=O)Nc1ccccc1Cl. The maximum Gasteiger partial charge on any atom is 0.350 e. The van der Waals surface area contributed by atoms with Crippen LogP contribution in [-0.4, -0.2) is 23.5 Å². The first-order valence-electron chi connectivity index (χ1n) is 7.89. The van der Waals surface area contributed by atoms with Crippen LogP contribution in [0, 0.1) is 12.7 Å².